The fourth-order valence-corrected chi connectivity index (χ4v) is 4.04. The van der Waals surface area contributed by atoms with E-state index in [0.717, 1.165) is 33.0 Å². The van der Waals surface area contributed by atoms with Crippen LogP contribution in [0.1, 0.15) is 11.1 Å². The maximum absolute atomic E-state index is 12.2. The molecule has 130 valence electrons. The van der Waals surface area contributed by atoms with Crippen molar-refractivity contribution in [1.29, 1.82) is 0 Å². The Labute approximate surface area is 165 Å². The Bertz CT molecular complexity index is 897. The average molecular weight is 400 g/mol. The number of terminal acetylenes is 1. The minimum Gasteiger partial charge on any atom is -0.481 e. The molecule has 0 fully saturated rings. The van der Waals surface area contributed by atoms with Gasteiger partial charge in [0.05, 0.1) is 0 Å². The van der Waals surface area contributed by atoms with Gasteiger partial charge in [-0.3, -0.25) is 4.79 Å². The Morgan fingerprint density at radius 3 is 2.62 bits per heavy atom. The monoisotopic (exact) mass is 399 g/mol. The third-order valence-corrected chi connectivity index (χ3v) is 5.71. The van der Waals surface area contributed by atoms with Crippen molar-refractivity contribution < 1.29 is 9.53 Å². The highest BCUT2D eigenvalue weighted by molar-refractivity contribution is 8.45. The molecule has 2 aromatic carbocycles. The predicted molar refractivity (Wildman–Crippen MR) is 112 cm³/mol. The summed E-state index contributed by atoms with van der Waals surface area (Å²) in [5.41, 5.74) is 2.47. The van der Waals surface area contributed by atoms with Gasteiger partial charge in [-0.05, 0) is 53.2 Å². The molecule has 1 aliphatic rings. The van der Waals surface area contributed by atoms with Crippen molar-refractivity contribution in [1.82, 2.24) is 0 Å². The fourth-order valence-electron chi connectivity index (χ4n) is 2.12. The van der Waals surface area contributed by atoms with E-state index in [1.165, 1.54) is 0 Å². The molecule has 2 aromatic rings. The first-order chi connectivity index (χ1) is 12.6. The largest absolute Gasteiger partial charge is 0.481 e. The van der Waals surface area contributed by atoms with Crippen LogP contribution in [0.2, 0.25) is 5.02 Å². The van der Waals surface area contributed by atoms with E-state index in [1.807, 2.05) is 48.5 Å². The smallest absolute Gasteiger partial charge is 0.244 e. The summed E-state index contributed by atoms with van der Waals surface area (Å²) in [6.45, 7) is 0.230. The predicted octanol–water partition coefficient (Wildman–Crippen LogP) is 5.26. The fraction of sp³-hybridized carbons (Fsp3) is 0.100. The lowest BCUT2D eigenvalue weighted by Gasteiger charge is -2.02. The molecule has 0 N–H and O–H groups in total. The number of aliphatic imine (C=N–C) groups is 1. The Balaban J connectivity index is 1.64. The van der Waals surface area contributed by atoms with Gasteiger partial charge in [-0.15, -0.1) is 6.42 Å². The molecule has 6 heteroatoms. The van der Waals surface area contributed by atoms with Crippen LogP contribution in [0.15, 0.2) is 59.2 Å². The minimum absolute atomic E-state index is 0.0451. The van der Waals surface area contributed by atoms with Crippen molar-refractivity contribution in [3.05, 3.63) is 70.4 Å². The van der Waals surface area contributed by atoms with E-state index in [0.29, 0.717) is 16.5 Å². The maximum atomic E-state index is 12.2. The first kappa shape index (κ1) is 18.7. The zero-order chi connectivity index (χ0) is 18.4. The Morgan fingerprint density at radius 2 is 1.92 bits per heavy atom. The molecule has 26 heavy (non-hydrogen) atoms. The van der Waals surface area contributed by atoms with Gasteiger partial charge in [-0.2, -0.15) is 0 Å². The lowest BCUT2D eigenvalue weighted by atomic mass is 10.2. The summed E-state index contributed by atoms with van der Waals surface area (Å²) < 4.78 is 6.09. The lowest BCUT2D eigenvalue weighted by molar-refractivity contribution is -0.107. The normalized spacial score (nSPS) is 15.0. The summed E-state index contributed by atoms with van der Waals surface area (Å²) in [6.07, 6.45) is 6.94. The van der Waals surface area contributed by atoms with E-state index in [4.69, 9.17) is 22.8 Å². The van der Waals surface area contributed by atoms with E-state index < -0.39 is 0 Å². The second kappa shape index (κ2) is 9.00. The van der Waals surface area contributed by atoms with Crippen LogP contribution in [0.4, 0.5) is 0 Å². The van der Waals surface area contributed by atoms with Crippen molar-refractivity contribution >= 4 is 50.7 Å². The number of rotatable bonds is 5. The molecule has 0 saturated carbocycles. The molecule has 0 bridgehead atoms. The Kier molecular flexibility index (Phi) is 6.45. The lowest BCUT2D eigenvalue weighted by Crippen LogP contribution is -1.93. The van der Waals surface area contributed by atoms with Gasteiger partial charge < -0.3 is 4.74 Å². The van der Waals surface area contributed by atoms with Gasteiger partial charge >= 0.3 is 0 Å². The van der Waals surface area contributed by atoms with Crippen LogP contribution in [0, 0.1) is 12.3 Å². The van der Waals surface area contributed by atoms with E-state index in [1.54, 1.807) is 17.8 Å². The SMILES string of the molecule is C#CCOc1ccc(C=C2N=C(SCc3ccc(Cl)cc3)SC2=O)cc1. The van der Waals surface area contributed by atoms with Crippen LogP contribution in [0.25, 0.3) is 6.08 Å². The van der Waals surface area contributed by atoms with E-state index in [-0.39, 0.29) is 11.7 Å². The van der Waals surface area contributed by atoms with Gasteiger partial charge in [-0.1, -0.05) is 53.5 Å². The van der Waals surface area contributed by atoms with Crippen LogP contribution in [-0.4, -0.2) is 16.1 Å². The molecule has 1 aliphatic heterocycles. The number of carbonyl (C=O) groups is 1. The number of carbonyl (C=O) groups excluding carboxylic acids is 1. The highest BCUT2D eigenvalue weighted by Gasteiger charge is 2.22. The number of nitrogens with zero attached hydrogens (tertiary/aromatic N) is 1. The molecule has 3 nitrogen and oxygen atoms in total. The topological polar surface area (TPSA) is 38.7 Å². The molecule has 3 rings (SSSR count). The third kappa shape index (κ3) is 5.18. The van der Waals surface area contributed by atoms with Crippen molar-refractivity contribution in [3.63, 3.8) is 0 Å². The number of benzene rings is 2. The van der Waals surface area contributed by atoms with Gasteiger partial charge in [-0.25, -0.2) is 4.99 Å². The van der Waals surface area contributed by atoms with Gasteiger partial charge in [0.15, 0.2) is 0 Å². The van der Waals surface area contributed by atoms with Gasteiger partial charge in [0.2, 0.25) is 5.12 Å². The zero-order valence-corrected chi connectivity index (χ0v) is 16.0. The molecule has 0 spiro atoms. The number of thioether (sulfide) groups is 2. The van der Waals surface area contributed by atoms with E-state index in [2.05, 4.69) is 10.9 Å². The number of hydrogen-bond donors (Lipinski definition) is 0. The molecule has 0 saturated heterocycles. The summed E-state index contributed by atoms with van der Waals surface area (Å²) in [6, 6.07) is 15.0. The maximum Gasteiger partial charge on any atom is 0.244 e. The van der Waals surface area contributed by atoms with E-state index in [9.17, 15) is 4.79 Å². The average Bonchev–Trinajstić information content (AvgIpc) is 3.00. The Morgan fingerprint density at radius 1 is 1.19 bits per heavy atom. The molecule has 1 heterocycles. The molecule has 0 unspecified atom stereocenters. The highest BCUT2D eigenvalue weighted by Crippen LogP contribution is 2.32. The summed E-state index contributed by atoms with van der Waals surface area (Å²) in [5, 5.41) is 0.665. The van der Waals surface area contributed by atoms with Gasteiger partial charge in [0.1, 0.15) is 22.4 Å². The quantitative estimate of drug-likeness (QED) is 0.508. The summed E-state index contributed by atoms with van der Waals surface area (Å²) in [4.78, 5) is 16.6. The Hall–Kier alpha value is -2.13. The third-order valence-electron chi connectivity index (χ3n) is 3.38. The summed E-state index contributed by atoms with van der Waals surface area (Å²) in [7, 11) is 0. The first-order valence-corrected chi connectivity index (χ1v) is 9.88. The van der Waals surface area contributed by atoms with E-state index >= 15 is 0 Å². The molecule has 0 radical (unpaired) electrons. The van der Waals surface area contributed by atoms with Crippen LogP contribution >= 0.6 is 35.1 Å². The highest BCUT2D eigenvalue weighted by atomic mass is 35.5. The second-order valence-electron chi connectivity index (χ2n) is 5.27. The molecular formula is C20H14ClNO2S2. The standard InChI is InChI=1S/C20H14ClNO2S2/c1-2-11-24-17-9-5-14(6-10-17)12-18-19(23)26-20(22-18)25-13-15-3-7-16(21)8-4-15/h1,3-10,12H,11,13H2. The zero-order valence-electron chi connectivity index (χ0n) is 13.6. The van der Waals surface area contributed by atoms with Gasteiger partial charge in [0.25, 0.3) is 0 Å². The van der Waals surface area contributed by atoms with Crippen molar-refractivity contribution in [2.75, 3.05) is 6.61 Å². The number of hydrogen-bond acceptors (Lipinski definition) is 5. The molecule has 0 aliphatic carbocycles. The van der Waals surface area contributed by atoms with Crippen LogP contribution in [0.3, 0.4) is 0 Å². The summed E-state index contributed by atoms with van der Waals surface area (Å²) >= 11 is 8.59. The van der Waals surface area contributed by atoms with Crippen LogP contribution in [-0.2, 0) is 10.5 Å². The minimum atomic E-state index is -0.0451. The molecule has 0 atom stereocenters. The van der Waals surface area contributed by atoms with Crippen molar-refractivity contribution in [2.45, 2.75) is 5.75 Å². The molecule has 0 aromatic heterocycles. The molecular weight excluding hydrogens is 386 g/mol. The first-order valence-electron chi connectivity index (χ1n) is 7.70. The van der Waals surface area contributed by atoms with Crippen LogP contribution in [0.5, 0.6) is 5.75 Å². The van der Waals surface area contributed by atoms with Crippen molar-refractivity contribution in [2.24, 2.45) is 4.99 Å². The van der Waals surface area contributed by atoms with Crippen LogP contribution < -0.4 is 4.74 Å². The summed E-state index contributed by atoms with van der Waals surface area (Å²) in [5.74, 6) is 3.85. The second-order valence-corrected chi connectivity index (χ2v) is 7.89. The van der Waals surface area contributed by atoms with Gasteiger partial charge in [0, 0.05) is 10.8 Å². The molecule has 0 amide bonds. The number of ether oxygens (including phenoxy) is 1. The van der Waals surface area contributed by atoms with Crippen molar-refractivity contribution in [3.8, 4) is 18.1 Å². The number of halogens is 1.